The predicted octanol–water partition coefficient (Wildman–Crippen LogP) is 2.83. The quantitative estimate of drug-likeness (QED) is 0.479. The maximum Gasteiger partial charge on any atom is 0.269 e. The third kappa shape index (κ3) is 5.37. The molecule has 1 N–H and O–H groups in total. The Bertz CT molecular complexity index is 662. The standard InChI is InChI=1S/C16H17N3O3S/c1-12(23-15-4-2-3-10-17-15)16(20)18-11-9-13-5-7-14(8-6-13)19(21)22/h2-8,10,12H,9,11H2,1H3,(H,18,20)/t12-/m0/s1. The van der Waals surface area contributed by atoms with Gasteiger partial charge in [0.2, 0.25) is 5.91 Å². The van der Waals surface area contributed by atoms with Gasteiger partial charge < -0.3 is 5.32 Å². The summed E-state index contributed by atoms with van der Waals surface area (Å²) in [4.78, 5) is 26.4. The van der Waals surface area contributed by atoms with Crippen LogP contribution in [0.3, 0.4) is 0 Å². The first-order valence-corrected chi connectivity index (χ1v) is 8.03. The van der Waals surface area contributed by atoms with Gasteiger partial charge in [-0.2, -0.15) is 0 Å². The fraction of sp³-hybridized carbons (Fsp3) is 0.250. The number of pyridine rings is 1. The molecule has 0 radical (unpaired) electrons. The lowest BCUT2D eigenvalue weighted by atomic mass is 10.1. The van der Waals surface area contributed by atoms with E-state index in [9.17, 15) is 14.9 Å². The van der Waals surface area contributed by atoms with Gasteiger partial charge in [0.25, 0.3) is 5.69 Å². The van der Waals surface area contributed by atoms with E-state index in [0.717, 1.165) is 10.6 Å². The topological polar surface area (TPSA) is 85.1 Å². The Labute approximate surface area is 138 Å². The highest BCUT2D eigenvalue weighted by Crippen LogP contribution is 2.20. The average Bonchev–Trinajstić information content (AvgIpc) is 2.56. The van der Waals surface area contributed by atoms with Crippen molar-refractivity contribution in [2.24, 2.45) is 0 Å². The number of carbonyl (C=O) groups excluding carboxylic acids is 1. The zero-order valence-electron chi connectivity index (χ0n) is 12.6. The summed E-state index contributed by atoms with van der Waals surface area (Å²) in [6, 6.07) is 11.9. The van der Waals surface area contributed by atoms with Gasteiger partial charge in [0, 0.05) is 24.9 Å². The zero-order chi connectivity index (χ0) is 16.7. The first-order valence-electron chi connectivity index (χ1n) is 7.15. The fourth-order valence-corrected chi connectivity index (χ4v) is 2.74. The predicted molar refractivity (Wildman–Crippen MR) is 89.4 cm³/mol. The molecule has 0 aliphatic rings. The molecule has 0 saturated heterocycles. The van der Waals surface area contributed by atoms with Crippen molar-refractivity contribution in [3.8, 4) is 0 Å². The van der Waals surface area contributed by atoms with Crippen LogP contribution in [-0.4, -0.2) is 27.6 Å². The fourth-order valence-electron chi connectivity index (χ4n) is 1.91. The molecule has 7 heteroatoms. The Morgan fingerprint density at radius 3 is 2.65 bits per heavy atom. The van der Waals surface area contributed by atoms with Crippen molar-refractivity contribution in [3.05, 3.63) is 64.3 Å². The maximum absolute atomic E-state index is 12.0. The average molecular weight is 331 g/mol. The molecule has 0 aliphatic heterocycles. The highest BCUT2D eigenvalue weighted by molar-refractivity contribution is 8.00. The van der Waals surface area contributed by atoms with E-state index in [0.29, 0.717) is 13.0 Å². The summed E-state index contributed by atoms with van der Waals surface area (Å²) >= 11 is 1.40. The Morgan fingerprint density at radius 2 is 2.04 bits per heavy atom. The SMILES string of the molecule is C[C@H](Sc1ccccn1)C(=O)NCCc1ccc([N+](=O)[O-])cc1. The third-order valence-electron chi connectivity index (χ3n) is 3.16. The van der Waals surface area contributed by atoms with Crippen LogP contribution in [0.4, 0.5) is 5.69 Å². The van der Waals surface area contributed by atoms with E-state index in [1.165, 1.54) is 23.9 Å². The monoisotopic (exact) mass is 331 g/mol. The van der Waals surface area contributed by atoms with Gasteiger partial charge >= 0.3 is 0 Å². The molecule has 6 nitrogen and oxygen atoms in total. The molecule has 0 aliphatic carbocycles. The number of non-ortho nitro benzene ring substituents is 1. The summed E-state index contributed by atoms with van der Waals surface area (Å²) in [5, 5.41) is 14.0. The molecule has 1 amide bonds. The van der Waals surface area contributed by atoms with Crippen molar-refractivity contribution in [2.45, 2.75) is 23.6 Å². The van der Waals surface area contributed by atoms with Crippen LogP contribution in [0.2, 0.25) is 0 Å². The number of nitro benzene ring substituents is 1. The largest absolute Gasteiger partial charge is 0.355 e. The lowest BCUT2D eigenvalue weighted by Gasteiger charge is -2.11. The van der Waals surface area contributed by atoms with E-state index in [4.69, 9.17) is 0 Å². The Kier molecular flexibility index (Phi) is 6.10. The first-order chi connectivity index (χ1) is 11.1. The molecule has 2 rings (SSSR count). The minimum Gasteiger partial charge on any atom is -0.355 e. The molecule has 120 valence electrons. The minimum atomic E-state index is -0.428. The number of nitrogens with one attached hydrogen (secondary N) is 1. The van der Waals surface area contributed by atoms with Crippen LogP contribution in [0.5, 0.6) is 0 Å². The Balaban J connectivity index is 1.76. The number of aromatic nitrogens is 1. The molecule has 0 fully saturated rings. The van der Waals surface area contributed by atoms with Gasteiger partial charge in [-0.1, -0.05) is 30.0 Å². The van der Waals surface area contributed by atoms with Crippen LogP contribution in [-0.2, 0) is 11.2 Å². The Hall–Kier alpha value is -2.41. The van der Waals surface area contributed by atoms with Gasteiger partial charge in [0.15, 0.2) is 0 Å². The third-order valence-corrected chi connectivity index (χ3v) is 4.22. The van der Waals surface area contributed by atoms with Crippen molar-refractivity contribution < 1.29 is 9.72 Å². The summed E-state index contributed by atoms with van der Waals surface area (Å²) < 4.78 is 0. The summed E-state index contributed by atoms with van der Waals surface area (Å²) in [7, 11) is 0. The molecule has 1 atom stereocenters. The molecule has 0 bridgehead atoms. The molecule has 0 unspecified atom stereocenters. The molecule has 0 spiro atoms. The van der Waals surface area contributed by atoms with E-state index < -0.39 is 4.92 Å². The van der Waals surface area contributed by atoms with Gasteiger partial charge in [-0.15, -0.1) is 0 Å². The first kappa shape index (κ1) is 17.0. The van der Waals surface area contributed by atoms with Crippen LogP contribution >= 0.6 is 11.8 Å². The van der Waals surface area contributed by atoms with E-state index >= 15 is 0 Å². The van der Waals surface area contributed by atoms with Crippen LogP contribution in [0.25, 0.3) is 0 Å². The number of hydrogen-bond acceptors (Lipinski definition) is 5. The van der Waals surface area contributed by atoms with Gasteiger partial charge in [-0.05, 0) is 31.0 Å². The summed E-state index contributed by atoms with van der Waals surface area (Å²) in [6.07, 6.45) is 2.33. The van der Waals surface area contributed by atoms with E-state index in [1.807, 2.05) is 25.1 Å². The number of nitro groups is 1. The summed E-state index contributed by atoms with van der Waals surface area (Å²) in [6.45, 7) is 2.32. The normalized spacial score (nSPS) is 11.7. The van der Waals surface area contributed by atoms with E-state index in [1.54, 1.807) is 18.3 Å². The van der Waals surface area contributed by atoms with Crippen molar-refractivity contribution in [1.29, 1.82) is 0 Å². The van der Waals surface area contributed by atoms with Gasteiger partial charge in [-0.25, -0.2) is 4.98 Å². The number of thioether (sulfide) groups is 1. The maximum atomic E-state index is 12.0. The lowest BCUT2D eigenvalue weighted by Crippen LogP contribution is -2.32. The smallest absolute Gasteiger partial charge is 0.269 e. The number of amides is 1. The number of nitrogens with zero attached hydrogens (tertiary/aromatic N) is 2. The zero-order valence-corrected chi connectivity index (χ0v) is 13.5. The summed E-state index contributed by atoms with van der Waals surface area (Å²) in [5.74, 6) is -0.0532. The van der Waals surface area contributed by atoms with Crippen molar-refractivity contribution in [3.63, 3.8) is 0 Å². The highest BCUT2D eigenvalue weighted by Gasteiger charge is 2.14. The van der Waals surface area contributed by atoms with Crippen molar-refractivity contribution in [1.82, 2.24) is 10.3 Å². The second kappa shape index (κ2) is 8.28. The molecule has 1 aromatic heterocycles. The molecular formula is C16H17N3O3S. The van der Waals surface area contributed by atoms with E-state index in [-0.39, 0.29) is 16.8 Å². The molecule has 2 aromatic rings. The molecular weight excluding hydrogens is 314 g/mol. The molecule has 0 saturated carbocycles. The number of rotatable bonds is 7. The number of benzene rings is 1. The van der Waals surface area contributed by atoms with E-state index in [2.05, 4.69) is 10.3 Å². The van der Waals surface area contributed by atoms with Gasteiger partial charge in [-0.3, -0.25) is 14.9 Å². The summed E-state index contributed by atoms with van der Waals surface area (Å²) in [5.41, 5.74) is 1.01. The molecule has 1 aromatic carbocycles. The number of carbonyl (C=O) groups is 1. The lowest BCUT2D eigenvalue weighted by molar-refractivity contribution is -0.384. The Morgan fingerprint density at radius 1 is 1.30 bits per heavy atom. The molecule has 1 heterocycles. The van der Waals surface area contributed by atoms with Crippen molar-refractivity contribution in [2.75, 3.05) is 6.54 Å². The van der Waals surface area contributed by atoms with Crippen LogP contribution in [0.15, 0.2) is 53.7 Å². The van der Waals surface area contributed by atoms with Gasteiger partial charge in [0.1, 0.15) is 0 Å². The van der Waals surface area contributed by atoms with Crippen LogP contribution in [0.1, 0.15) is 12.5 Å². The number of hydrogen-bond donors (Lipinski definition) is 1. The van der Waals surface area contributed by atoms with Crippen molar-refractivity contribution >= 4 is 23.4 Å². The second-order valence-electron chi connectivity index (χ2n) is 4.89. The highest BCUT2D eigenvalue weighted by atomic mass is 32.2. The van der Waals surface area contributed by atoms with Gasteiger partial charge in [0.05, 0.1) is 15.2 Å². The second-order valence-corrected chi connectivity index (χ2v) is 6.25. The van der Waals surface area contributed by atoms with Crippen LogP contribution < -0.4 is 5.32 Å². The minimum absolute atomic E-state index is 0.0532. The molecule has 23 heavy (non-hydrogen) atoms. The van der Waals surface area contributed by atoms with Crippen LogP contribution in [0, 0.1) is 10.1 Å².